The monoisotopic (exact) mass is 395 g/mol. The summed E-state index contributed by atoms with van der Waals surface area (Å²) < 4.78 is 20.6. The molecule has 2 heterocycles. The first-order chi connectivity index (χ1) is 13.5. The fourth-order valence-corrected chi connectivity index (χ4v) is 3.65. The van der Waals surface area contributed by atoms with E-state index >= 15 is 0 Å². The average Bonchev–Trinajstić information content (AvgIpc) is 2.96. The molecule has 3 aromatic rings. The number of carbonyl (C=O) groups excluding carboxylic acids is 1. The van der Waals surface area contributed by atoms with Crippen molar-refractivity contribution >= 4 is 17.6 Å². The van der Waals surface area contributed by atoms with Crippen LogP contribution in [0.3, 0.4) is 0 Å². The van der Waals surface area contributed by atoms with Gasteiger partial charge in [0.1, 0.15) is 23.0 Å². The number of phenolic OH excluding ortho intramolecular Hbond substituents is 2. The zero-order valence-electron chi connectivity index (χ0n) is 14.7. The van der Waals surface area contributed by atoms with E-state index in [4.69, 9.17) is 13.7 Å². The number of aromatic hydroxyl groups is 2. The topological polar surface area (TPSA) is 93.1 Å². The third kappa shape index (κ3) is 2.51. The lowest BCUT2D eigenvalue weighted by molar-refractivity contribution is 0.0224. The number of fused-ring (bicyclic) bond motifs is 6. The van der Waals surface area contributed by atoms with Crippen molar-refractivity contribution in [2.45, 2.75) is 5.60 Å². The highest BCUT2D eigenvalue weighted by Gasteiger charge is 2.53. The van der Waals surface area contributed by atoms with Gasteiger partial charge in [-0.05, 0) is 30.3 Å². The van der Waals surface area contributed by atoms with Crippen LogP contribution in [0.25, 0.3) is 0 Å². The maximum atomic E-state index is 12.5. The molecule has 7 heteroatoms. The molecule has 0 aromatic heterocycles. The molecule has 0 atom stereocenters. The minimum absolute atomic E-state index is 0.0371. The third-order valence-corrected chi connectivity index (χ3v) is 4.68. The molecule has 0 saturated heterocycles. The Kier molecular flexibility index (Phi) is 4.24. The summed E-state index contributed by atoms with van der Waals surface area (Å²) in [7, 11) is 0. The first kappa shape index (κ1) is 17.9. The van der Waals surface area contributed by atoms with Gasteiger partial charge in [0.25, 0.3) is 0 Å². The molecule has 0 unspecified atom stereocenters. The normalized spacial score (nSPS) is 14.5. The van der Waals surface area contributed by atoms with Gasteiger partial charge in [-0.15, -0.1) is 0 Å². The van der Waals surface area contributed by atoms with Gasteiger partial charge in [0.15, 0.2) is 5.60 Å². The standard InChI is InChI=1S/C20H12O5.CH3OS/c21-11-5-7-15-17(9-11)24-18-10-12(22)6-8-16(18)20(15)14-4-2-1-3-13(14)19(23)25-20;1-3-2/h1-10,21-22H;1H3/q;+1. The average molecular weight is 395 g/mol. The van der Waals surface area contributed by atoms with Crippen LogP contribution in [0, 0.1) is 0 Å². The molecule has 0 aliphatic carbocycles. The van der Waals surface area contributed by atoms with Crippen molar-refractivity contribution in [1.82, 2.24) is 0 Å². The number of phenols is 2. The molecule has 6 nitrogen and oxygen atoms in total. The van der Waals surface area contributed by atoms with Gasteiger partial charge >= 0.3 is 17.6 Å². The number of hydrogen-bond donors (Lipinski definition) is 2. The van der Waals surface area contributed by atoms with Crippen LogP contribution in [0.4, 0.5) is 0 Å². The summed E-state index contributed by atoms with van der Waals surface area (Å²) in [6.07, 6.45) is 1.49. The van der Waals surface area contributed by atoms with Crippen LogP contribution in [0.5, 0.6) is 23.0 Å². The van der Waals surface area contributed by atoms with Crippen molar-refractivity contribution in [3.8, 4) is 23.0 Å². The van der Waals surface area contributed by atoms with Gasteiger partial charge in [-0.25, -0.2) is 4.79 Å². The van der Waals surface area contributed by atoms with Crippen LogP contribution in [-0.2, 0) is 26.2 Å². The highest BCUT2D eigenvalue weighted by molar-refractivity contribution is 7.64. The van der Waals surface area contributed by atoms with Crippen molar-refractivity contribution in [3.63, 3.8) is 0 Å². The lowest BCUT2D eigenvalue weighted by Gasteiger charge is -2.36. The summed E-state index contributed by atoms with van der Waals surface area (Å²) in [4.78, 5) is 12.5. The predicted molar refractivity (Wildman–Crippen MR) is 102 cm³/mol. The maximum Gasteiger partial charge on any atom is 0.455 e. The molecule has 2 aliphatic rings. The molecule has 140 valence electrons. The van der Waals surface area contributed by atoms with Crippen molar-refractivity contribution in [1.29, 1.82) is 0 Å². The molecule has 0 saturated carbocycles. The highest BCUT2D eigenvalue weighted by Crippen LogP contribution is 2.56. The second-order valence-corrected chi connectivity index (χ2v) is 6.58. The Morgan fingerprint density at radius 1 is 0.857 bits per heavy atom. The largest absolute Gasteiger partial charge is 0.508 e. The number of hydrogen-bond acceptors (Lipinski definition) is 6. The SMILES string of the molecule is C[S+]=O.O=C1OC2(c3ccc(O)cc3Oc3cc(O)ccc32)c2ccccc21. The van der Waals surface area contributed by atoms with E-state index in [1.165, 1.54) is 30.5 Å². The second-order valence-electron chi connectivity index (χ2n) is 6.25. The van der Waals surface area contributed by atoms with Crippen LogP contribution in [-0.4, -0.2) is 22.4 Å². The van der Waals surface area contributed by atoms with Gasteiger partial charge in [-0.2, -0.15) is 0 Å². The summed E-state index contributed by atoms with van der Waals surface area (Å²) in [6, 6.07) is 16.6. The van der Waals surface area contributed by atoms with Gasteiger partial charge in [0, 0.05) is 33.0 Å². The van der Waals surface area contributed by atoms with Gasteiger partial charge in [0.2, 0.25) is 6.26 Å². The first-order valence-corrected chi connectivity index (χ1v) is 9.50. The number of esters is 1. The van der Waals surface area contributed by atoms with E-state index in [0.717, 1.165) is 0 Å². The third-order valence-electron chi connectivity index (χ3n) is 4.68. The minimum atomic E-state index is -1.17. The lowest BCUT2D eigenvalue weighted by Crippen LogP contribution is -2.32. The fraction of sp³-hybridized carbons (Fsp3) is 0.0952. The molecule has 5 rings (SSSR count). The van der Waals surface area contributed by atoms with Gasteiger partial charge in [-0.1, -0.05) is 18.2 Å². The Balaban J connectivity index is 0.000000604. The molecule has 0 fully saturated rings. The number of benzene rings is 3. The molecule has 0 radical (unpaired) electrons. The summed E-state index contributed by atoms with van der Waals surface area (Å²) >= 11 is 0.500. The van der Waals surface area contributed by atoms with Crippen molar-refractivity contribution in [2.75, 3.05) is 6.26 Å². The summed E-state index contributed by atoms with van der Waals surface area (Å²) in [5.74, 6) is 0.408. The van der Waals surface area contributed by atoms with Crippen LogP contribution in [0.15, 0.2) is 60.7 Å². The zero-order chi connectivity index (χ0) is 19.9. The molecule has 3 aromatic carbocycles. The van der Waals surface area contributed by atoms with E-state index in [0.29, 0.717) is 45.4 Å². The number of rotatable bonds is 0. The van der Waals surface area contributed by atoms with E-state index < -0.39 is 11.6 Å². The minimum Gasteiger partial charge on any atom is -0.508 e. The molecule has 0 bridgehead atoms. The van der Waals surface area contributed by atoms with Gasteiger partial charge < -0.3 is 19.7 Å². The van der Waals surface area contributed by atoms with Gasteiger partial charge in [-0.3, -0.25) is 0 Å². The summed E-state index contributed by atoms with van der Waals surface area (Å²) in [5, 5.41) is 19.7. The quantitative estimate of drug-likeness (QED) is 0.445. The van der Waals surface area contributed by atoms with Gasteiger partial charge in [0.05, 0.1) is 5.56 Å². The fourth-order valence-electron chi connectivity index (χ4n) is 3.65. The number of ether oxygens (including phenoxy) is 2. The highest BCUT2D eigenvalue weighted by atomic mass is 32.1. The summed E-state index contributed by atoms with van der Waals surface area (Å²) in [5.41, 5.74) is 1.28. The van der Waals surface area contributed by atoms with Crippen LogP contribution in [0.1, 0.15) is 27.0 Å². The van der Waals surface area contributed by atoms with E-state index in [-0.39, 0.29) is 11.5 Å². The van der Waals surface area contributed by atoms with Crippen molar-refractivity contribution < 1.29 is 28.7 Å². The first-order valence-electron chi connectivity index (χ1n) is 8.35. The number of carbonyl (C=O) groups is 1. The molecule has 2 N–H and O–H groups in total. The Morgan fingerprint density at radius 2 is 1.39 bits per heavy atom. The molecule has 0 amide bonds. The Bertz CT molecular complexity index is 1060. The van der Waals surface area contributed by atoms with E-state index in [9.17, 15) is 15.0 Å². The Hall–Kier alpha value is -3.45. The second kappa shape index (κ2) is 6.61. The van der Waals surface area contributed by atoms with E-state index in [1.54, 1.807) is 24.3 Å². The maximum absolute atomic E-state index is 12.5. The predicted octanol–water partition coefficient (Wildman–Crippen LogP) is 3.71. The lowest BCUT2D eigenvalue weighted by atomic mass is 9.77. The molecule has 28 heavy (non-hydrogen) atoms. The van der Waals surface area contributed by atoms with Crippen LogP contribution >= 0.6 is 0 Å². The van der Waals surface area contributed by atoms with E-state index in [1.807, 2.05) is 12.1 Å². The summed E-state index contributed by atoms with van der Waals surface area (Å²) in [6.45, 7) is 0. The zero-order valence-corrected chi connectivity index (χ0v) is 15.5. The van der Waals surface area contributed by atoms with Crippen molar-refractivity contribution in [3.05, 3.63) is 82.9 Å². The molecule has 2 aliphatic heterocycles. The van der Waals surface area contributed by atoms with Crippen LogP contribution in [0.2, 0.25) is 0 Å². The molecular weight excluding hydrogens is 380 g/mol. The van der Waals surface area contributed by atoms with Crippen molar-refractivity contribution in [2.24, 2.45) is 0 Å². The Labute approximate surface area is 164 Å². The van der Waals surface area contributed by atoms with Crippen LogP contribution < -0.4 is 4.74 Å². The molecular formula is C21H15O6S+. The Morgan fingerprint density at radius 3 is 1.96 bits per heavy atom. The van der Waals surface area contributed by atoms with E-state index in [2.05, 4.69) is 0 Å². The smallest absolute Gasteiger partial charge is 0.455 e. The molecule has 1 spiro atoms.